The van der Waals surface area contributed by atoms with Gasteiger partial charge < -0.3 is 10.1 Å². The normalized spacial score (nSPS) is 12.6. The molecule has 0 fully saturated rings. The quantitative estimate of drug-likeness (QED) is 0.864. The number of rotatable bonds is 2. The molecule has 0 saturated carbocycles. The van der Waals surface area contributed by atoms with Crippen molar-refractivity contribution in [2.75, 3.05) is 11.9 Å². The summed E-state index contributed by atoms with van der Waals surface area (Å²) in [6.45, 7) is 2.13. The van der Waals surface area contributed by atoms with Crippen molar-refractivity contribution in [3.8, 4) is 0 Å². The van der Waals surface area contributed by atoms with Crippen molar-refractivity contribution in [2.24, 2.45) is 0 Å². The maximum atomic E-state index is 11.5. The predicted molar refractivity (Wildman–Crippen MR) is 75.7 cm³/mol. The highest BCUT2D eigenvalue weighted by Crippen LogP contribution is 2.32. The third kappa shape index (κ3) is 2.12. The Morgan fingerprint density at radius 2 is 2.05 bits per heavy atom. The Morgan fingerprint density at radius 3 is 2.84 bits per heavy atom. The van der Waals surface area contributed by atoms with E-state index >= 15 is 0 Å². The number of hydrogen-bond acceptors (Lipinski definition) is 3. The standard InChI is InChI=1S/C15H14N2O2/c1-2-19-15(18)17-13-9-11-7-3-5-10-6-4-8-12(16-13)14(10)11/h3-9,16H,2H2,1H3,(H,17,18). The van der Waals surface area contributed by atoms with Crippen molar-refractivity contribution in [2.45, 2.75) is 6.92 Å². The van der Waals surface area contributed by atoms with Gasteiger partial charge in [0.25, 0.3) is 0 Å². The molecule has 1 heterocycles. The van der Waals surface area contributed by atoms with Gasteiger partial charge in [-0.15, -0.1) is 0 Å². The summed E-state index contributed by atoms with van der Waals surface area (Å²) >= 11 is 0. The zero-order valence-corrected chi connectivity index (χ0v) is 10.6. The number of nitrogens with one attached hydrogen (secondary N) is 2. The summed E-state index contributed by atoms with van der Waals surface area (Å²) in [7, 11) is 0. The van der Waals surface area contributed by atoms with Crippen LogP contribution in [0.5, 0.6) is 0 Å². The molecule has 4 heteroatoms. The van der Waals surface area contributed by atoms with E-state index in [1.54, 1.807) is 6.92 Å². The molecule has 1 amide bonds. The van der Waals surface area contributed by atoms with Gasteiger partial charge in [-0.1, -0.05) is 30.3 Å². The highest BCUT2D eigenvalue weighted by molar-refractivity contribution is 6.03. The molecule has 1 aliphatic rings. The molecule has 1 aliphatic heterocycles. The first kappa shape index (κ1) is 11.6. The number of hydrogen-bond donors (Lipinski definition) is 2. The molecule has 19 heavy (non-hydrogen) atoms. The van der Waals surface area contributed by atoms with Gasteiger partial charge in [-0.3, -0.25) is 5.32 Å². The molecule has 0 saturated heterocycles. The summed E-state index contributed by atoms with van der Waals surface area (Å²) in [5, 5.41) is 8.23. The third-order valence-electron chi connectivity index (χ3n) is 3.02. The summed E-state index contributed by atoms with van der Waals surface area (Å²) in [4.78, 5) is 11.5. The summed E-state index contributed by atoms with van der Waals surface area (Å²) in [6, 6.07) is 12.2. The second-order valence-electron chi connectivity index (χ2n) is 4.28. The number of benzene rings is 2. The van der Waals surface area contributed by atoms with Gasteiger partial charge in [-0.25, -0.2) is 4.79 Å². The minimum absolute atomic E-state index is 0.352. The largest absolute Gasteiger partial charge is 0.450 e. The zero-order valence-electron chi connectivity index (χ0n) is 10.6. The molecule has 0 aromatic heterocycles. The molecule has 2 N–H and O–H groups in total. The Hall–Kier alpha value is -2.49. The Labute approximate surface area is 111 Å². The van der Waals surface area contributed by atoms with Crippen molar-refractivity contribution >= 4 is 28.6 Å². The SMILES string of the molecule is CCOC(=O)NC1=Cc2cccc3cccc(c23)N1. The first-order valence-electron chi connectivity index (χ1n) is 6.22. The Morgan fingerprint density at radius 1 is 1.26 bits per heavy atom. The lowest BCUT2D eigenvalue weighted by Gasteiger charge is -2.20. The van der Waals surface area contributed by atoms with E-state index in [0.717, 1.165) is 11.3 Å². The number of alkyl carbamates (subject to hydrolysis) is 1. The highest BCUT2D eigenvalue weighted by atomic mass is 16.5. The molecule has 4 nitrogen and oxygen atoms in total. The summed E-state index contributed by atoms with van der Waals surface area (Å²) in [5.41, 5.74) is 2.07. The molecule has 0 spiro atoms. The van der Waals surface area contributed by atoms with Crippen LogP contribution in [0, 0.1) is 0 Å². The average molecular weight is 254 g/mol. The van der Waals surface area contributed by atoms with E-state index in [0.29, 0.717) is 12.4 Å². The topological polar surface area (TPSA) is 50.4 Å². The van der Waals surface area contributed by atoms with Crippen LogP contribution in [0.4, 0.5) is 10.5 Å². The van der Waals surface area contributed by atoms with Gasteiger partial charge in [0.05, 0.1) is 6.61 Å². The number of carbonyl (C=O) groups is 1. The molecule has 3 rings (SSSR count). The van der Waals surface area contributed by atoms with Crippen molar-refractivity contribution < 1.29 is 9.53 Å². The molecule has 0 radical (unpaired) electrons. The first-order valence-corrected chi connectivity index (χ1v) is 6.22. The predicted octanol–water partition coefficient (Wildman–Crippen LogP) is 3.31. The molecule has 2 aromatic carbocycles. The Bertz CT molecular complexity index is 672. The van der Waals surface area contributed by atoms with Crippen LogP contribution in [0.2, 0.25) is 0 Å². The number of carbonyl (C=O) groups excluding carboxylic acids is 1. The second-order valence-corrected chi connectivity index (χ2v) is 4.28. The minimum Gasteiger partial charge on any atom is -0.450 e. The molecular weight excluding hydrogens is 240 g/mol. The smallest absolute Gasteiger partial charge is 0.412 e. The van der Waals surface area contributed by atoms with E-state index in [2.05, 4.69) is 22.8 Å². The highest BCUT2D eigenvalue weighted by Gasteiger charge is 2.14. The van der Waals surface area contributed by atoms with E-state index in [-0.39, 0.29) is 0 Å². The van der Waals surface area contributed by atoms with Crippen LogP contribution in [0.1, 0.15) is 12.5 Å². The number of anilines is 1. The molecule has 96 valence electrons. The van der Waals surface area contributed by atoms with Gasteiger partial charge in [0.2, 0.25) is 0 Å². The molecular formula is C15H14N2O2. The molecule has 2 aromatic rings. The van der Waals surface area contributed by atoms with Crippen molar-refractivity contribution in [3.05, 3.63) is 47.8 Å². The average Bonchev–Trinajstić information content (AvgIpc) is 2.39. The fourth-order valence-electron chi connectivity index (χ4n) is 2.28. The second kappa shape index (κ2) is 4.65. The maximum Gasteiger partial charge on any atom is 0.412 e. The van der Waals surface area contributed by atoms with Gasteiger partial charge in [0.1, 0.15) is 5.82 Å². The summed E-state index contributed by atoms with van der Waals surface area (Å²) in [6.07, 6.45) is 1.46. The fraction of sp³-hybridized carbons (Fsp3) is 0.133. The molecule has 0 unspecified atom stereocenters. The van der Waals surface area contributed by atoms with Crippen molar-refractivity contribution in [1.29, 1.82) is 0 Å². The number of amides is 1. The van der Waals surface area contributed by atoms with E-state index in [4.69, 9.17) is 4.74 Å². The summed E-state index contributed by atoms with van der Waals surface area (Å²) in [5.74, 6) is 0.629. The van der Waals surface area contributed by atoms with E-state index in [1.807, 2.05) is 30.3 Å². The van der Waals surface area contributed by atoms with Gasteiger partial charge in [-0.2, -0.15) is 0 Å². The van der Waals surface area contributed by atoms with E-state index < -0.39 is 6.09 Å². The Balaban J connectivity index is 1.98. The van der Waals surface area contributed by atoms with Crippen LogP contribution in [0.25, 0.3) is 16.8 Å². The van der Waals surface area contributed by atoms with Crippen molar-refractivity contribution in [1.82, 2.24) is 5.32 Å². The molecule has 0 atom stereocenters. The minimum atomic E-state index is -0.451. The van der Waals surface area contributed by atoms with Crippen LogP contribution in [-0.2, 0) is 4.74 Å². The van der Waals surface area contributed by atoms with Crippen LogP contribution in [0.15, 0.2) is 42.2 Å². The Kier molecular flexibility index (Phi) is 2.83. The van der Waals surface area contributed by atoms with E-state index in [1.165, 1.54) is 10.8 Å². The zero-order chi connectivity index (χ0) is 13.2. The van der Waals surface area contributed by atoms with Crippen LogP contribution >= 0.6 is 0 Å². The molecule has 0 aliphatic carbocycles. The van der Waals surface area contributed by atoms with Crippen molar-refractivity contribution in [3.63, 3.8) is 0 Å². The number of ether oxygens (including phenoxy) is 1. The van der Waals surface area contributed by atoms with Gasteiger partial charge in [-0.05, 0) is 30.0 Å². The van der Waals surface area contributed by atoms with Gasteiger partial charge >= 0.3 is 6.09 Å². The van der Waals surface area contributed by atoms with Crippen LogP contribution in [-0.4, -0.2) is 12.7 Å². The molecule has 0 bridgehead atoms. The van der Waals surface area contributed by atoms with Gasteiger partial charge in [0.15, 0.2) is 0 Å². The van der Waals surface area contributed by atoms with E-state index in [9.17, 15) is 4.79 Å². The van der Waals surface area contributed by atoms with Gasteiger partial charge in [0, 0.05) is 11.1 Å². The fourth-order valence-corrected chi connectivity index (χ4v) is 2.28. The maximum absolute atomic E-state index is 11.5. The lowest BCUT2D eigenvalue weighted by atomic mass is 10.0. The lowest BCUT2D eigenvalue weighted by Crippen LogP contribution is -2.28. The monoisotopic (exact) mass is 254 g/mol. The first-order chi connectivity index (χ1) is 9.28. The van der Waals surface area contributed by atoms with Crippen LogP contribution < -0.4 is 10.6 Å². The van der Waals surface area contributed by atoms with Crippen LogP contribution in [0.3, 0.4) is 0 Å². The summed E-state index contributed by atoms with van der Waals surface area (Å²) < 4.78 is 4.87. The third-order valence-corrected chi connectivity index (χ3v) is 3.02. The lowest BCUT2D eigenvalue weighted by molar-refractivity contribution is 0.155.